The lowest BCUT2D eigenvalue weighted by atomic mass is 10.0. The normalized spacial score (nSPS) is 12.7. The van der Waals surface area contributed by atoms with Gasteiger partial charge in [0.2, 0.25) is 0 Å². The summed E-state index contributed by atoms with van der Waals surface area (Å²) in [7, 11) is 1.96. The Bertz CT molecular complexity index is 595. The molecule has 1 atom stereocenters. The maximum atomic E-state index is 6.27. The number of nitrogens with zero attached hydrogens (tertiary/aromatic N) is 2. The molecule has 20 heavy (non-hydrogen) atoms. The second-order valence-corrected chi connectivity index (χ2v) is 6.14. The Morgan fingerprint density at radius 1 is 1.35 bits per heavy atom. The van der Waals surface area contributed by atoms with Crippen LogP contribution in [0.5, 0.6) is 0 Å². The molecule has 0 radical (unpaired) electrons. The zero-order valence-corrected chi connectivity index (χ0v) is 14.1. The van der Waals surface area contributed by atoms with Gasteiger partial charge >= 0.3 is 0 Å². The molecule has 0 bridgehead atoms. The topological polar surface area (TPSA) is 43.8 Å². The molecular weight excluding hydrogens is 338 g/mol. The molecule has 0 spiro atoms. The summed E-state index contributed by atoms with van der Waals surface area (Å²) >= 11 is 9.80. The van der Waals surface area contributed by atoms with Crippen LogP contribution in [0.25, 0.3) is 0 Å². The van der Waals surface area contributed by atoms with E-state index in [1.165, 1.54) is 0 Å². The summed E-state index contributed by atoms with van der Waals surface area (Å²) in [4.78, 5) is 0. The average molecular weight is 357 g/mol. The lowest BCUT2D eigenvalue weighted by Gasteiger charge is -2.13. The summed E-state index contributed by atoms with van der Waals surface area (Å²) in [6.07, 6.45) is 2.45. The van der Waals surface area contributed by atoms with Crippen LogP contribution in [-0.4, -0.2) is 15.8 Å². The van der Waals surface area contributed by atoms with Crippen molar-refractivity contribution in [1.82, 2.24) is 9.78 Å². The highest BCUT2D eigenvalue weighted by atomic mass is 79.9. The van der Waals surface area contributed by atoms with Crippen LogP contribution in [0.2, 0.25) is 5.02 Å². The highest BCUT2D eigenvalue weighted by molar-refractivity contribution is 9.10. The van der Waals surface area contributed by atoms with Crippen LogP contribution in [0, 0.1) is 0 Å². The van der Waals surface area contributed by atoms with Crippen molar-refractivity contribution in [3.63, 3.8) is 0 Å². The highest BCUT2D eigenvalue weighted by Crippen LogP contribution is 2.24. The second-order valence-electron chi connectivity index (χ2n) is 4.94. The molecule has 2 rings (SSSR count). The summed E-state index contributed by atoms with van der Waals surface area (Å²) < 4.78 is 2.99. The van der Waals surface area contributed by atoms with Gasteiger partial charge in [-0.15, -0.1) is 0 Å². The molecule has 0 saturated heterocycles. The van der Waals surface area contributed by atoms with E-state index in [4.69, 9.17) is 17.3 Å². The van der Waals surface area contributed by atoms with E-state index in [9.17, 15) is 0 Å². The van der Waals surface area contributed by atoms with Gasteiger partial charge in [-0.25, -0.2) is 0 Å². The molecule has 0 aliphatic rings. The first-order chi connectivity index (χ1) is 9.52. The average Bonchev–Trinajstić information content (AvgIpc) is 2.69. The van der Waals surface area contributed by atoms with Crippen LogP contribution in [0.1, 0.15) is 23.9 Å². The minimum Gasteiger partial charge on any atom is -0.327 e. The van der Waals surface area contributed by atoms with Crippen LogP contribution in [0.3, 0.4) is 0 Å². The van der Waals surface area contributed by atoms with Crippen molar-refractivity contribution in [2.24, 2.45) is 12.8 Å². The molecule has 1 aromatic heterocycles. The Morgan fingerprint density at radius 3 is 2.65 bits per heavy atom. The molecule has 0 aliphatic heterocycles. The summed E-state index contributed by atoms with van der Waals surface area (Å²) in [5.41, 5.74) is 9.58. The van der Waals surface area contributed by atoms with E-state index in [-0.39, 0.29) is 6.04 Å². The van der Waals surface area contributed by atoms with Gasteiger partial charge in [-0.1, -0.05) is 36.7 Å². The van der Waals surface area contributed by atoms with E-state index in [0.717, 1.165) is 45.7 Å². The summed E-state index contributed by atoms with van der Waals surface area (Å²) in [6.45, 7) is 2.10. The van der Waals surface area contributed by atoms with Crippen LogP contribution < -0.4 is 5.73 Å². The van der Waals surface area contributed by atoms with Crippen molar-refractivity contribution >= 4 is 27.5 Å². The highest BCUT2D eigenvalue weighted by Gasteiger charge is 2.16. The predicted octanol–water partition coefficient (Wildman–Crippen LogP) is 3.51. The Labute approximate surface area is 133 Å². The van der Waals surface area contributed by atoms with Crippen molar-refractivity contribution < 1.29 is 0 Å². The van der Waals surface area contributed by atoms with Crippen LogP contribution in [0.4, 0.5) is 0 Å². The Kier molecular flexibility index (Phi) is 5.24. The monoisotopic (exact) mass is 355 g/mol. The first kappa shape index (κ1) is 15.5. The maximum absolute atomic E-state index is 6.27. The molecule has 1 heterocycles. The molecule has 0 amide bonds. The quantitative estimate of drug-likeness (QED) is 0.891. The number of aryl methyl sites for hydroxylation is 2. The fraction of sp³-hybridized carbons (Fsp3) is 0.400. The molecule has 0 fully saturated rings. The minimum absolute atomic E-state index is 0.0197. The SMILES string of the molecule is CCc1nn(C)c(CC(N)Cc2ccccc2Cl)c1Br. The van der Waals surface area contributed by atoms with E-state index in [2.05, 4.69) is 28.0 Å². The first-order valence-corrected chi connectivity index (χ1v) is 7.89. The minimum atomic E-state index is 0.0197. The second kappa shape index (κ2) is 6.74. The van der Waals surface area contributed by atoms with Gasteiger partial charge < -0.3 is 5.73 Å². The summed E-state index contributed by atoms with van der Waals surface area (Å²) in [5, 5.41) is 5.27. The van der Waals surface area contributed by atoms with E-state index >= 15 is 0 Å². The van der Waals surface area contributed by atoms with Crippen LogP contribution in [-0.2, 0) is 26.3 Å². The number of aromatic nitrogens is 2. The first-order valence-electron chi connectivity index (χ1n) is 6.72. The van der Waals surface area contributed by atoms with Gasteiger partial charge in [0.05, 0.1) is 15.9 Å². The third kappa shape index (κ3) is 3.43. The fourth-order valence-corrected chi connectivity index (χ4v) is 3.30. The molecule has 1 aromatic carbocycles. The lowest BCUT2D eigenvalue weighted by molar-refractivity contribution is 0.610. The zero-order chi connectivity index (χ0) is 14.7. The third-order valence-electron chi connectivity index (χ3n) is 3.40. The van der Waals surface area contributed by atoms with Gasteiger partial charge in [0.25, 0.3) is 0 Å². The molecule has 108 valence electrons. The van der Waals surface area contributed by atoms with Crippen molar-refractivity contribution in [2.75, 3.05) is 0 Å². The van der Waals surface area contributed by atoms with Gasteiger partial charge in [-0.3, -0.25) is 4.68 Å². The van der Waals surface area contributed by atoms with Crippen molar-refractivity contribution in [2.45, 2.75) is 32.2 Å². The zero-order valence-electron chi connectivity index (χ0n) is 11.7. The Balaban J connectivity index is 2.11. The number of halogens is 2. The number of benzene rings is 1. The number of hydrogen-bond acceptors (Lipinski definition) is 2. The van der Waals surface area contributed by atoms with Gasteiger partial charge in [0, 0.05) is 24.5 Å². The maximum Gasteiger partial charge on any atom is 0.0766 e. The summed E-state index contributed by atoms with van der Waals surface area (Å²) in [6, 6.07) is 7.87. The smallest absolute Gasteiger partial charge is 0.0766 e. The molecule has 1 unspecified atom stereocenters. The number of nitrogens with two attached hydrogens (primary N) is 1. The van der Waals surface area contributed by atoms with Crippen molar-refractivity contribution in [1.29, 1.82) is 0 Å². The summed E-state index contributed by atoms with van der Waals surface area (Å²) in [5.74, 6) is 0. The van der Waals surface area contributed by atoms with E-state index < -0.39 is 0 Å². The molecule has 2 aromatic rings. The van der Waals surface area contributed by atoms with Gasteiger partial charge in [0.1, 0.15) is 0 Å². The van der Waals surface area contributed by atoms with Crippen molar-refractivity contribution in [3.8, 4) is 0 Å². The van der Waals surface area contributed by atoms with E-state index in [0.29, 0.717) is 0 Å². The van der Waals surface area contributed by atoms with Crippen LogP contribution >= 0.6 is 27.5 Å². The van der Waals surface area contributed by atoms with E-state index in [1.807, 2.05) is 36.0 Å². The molecule has 0 saturated carbocycles. The Hall–Kier alpha value is -0.840. The number of rotatable bonds is 5. The van der Waals surface area contributed by atoms with Crippen molar-refractivity contribution in [3.05, 3.63) is 50.7 Å². The molecule has 2 N–H and O–H groups in total. The standard InChI is InChI=1S/C15H19BrClN3/c1-3-13-15(16)14(20(2)19-13)9-11(18)8-10-6-4-5-7-12(10)17/h4-7,11H,3,8-9,18H2,1-2H3. The fourth-order valence-electron chi connectivity index (χ4n) is 2.31. The van der Waals surface area contributed by atoms with E-state index in [1.54, 1.807) is 0 Å². The van der Waals surface area contributed by atoms with Crippen LogP contribution in [0.15, 0.2) is 28.7 Å². The predicted molar refractivity (Wildman–Crippen MR) is 87.1 cm³/mol. The van der Waals surface area contributed by atoms with Gasteiger partial charge in [-0.2, -0.15) is 5.10 Å². The Morgan fingerprint density at radius 2 is 2.05 bits per heavy atom. The molecule has 5 heteroatoms. The largest absolute Gasteiger partial charge is 0.327 e. The van der Waals surface area contributed by atoms with Gasteiger partial charge in [-0.05, 0) is 40.4 Å². The number of hydrogen-bond donors (Lipinski definition) is 1. The molecule has 0 aliphatic carbocycles. The van der Waals surface area contributed by atoms with Gasteiger partial charge in [0.15, 0.2) is 0 Å². The molecular formula is C15H19BrClN3. The lowest BCUT2D eigenvalue weighted by Crippen LogP contribution is -2.27. The third-order valence-corrected chi connectivity index (χ3v) is 4.68. The molecule has 3 nitrogen and oxygen atoms in total.